The van der Waals surface area contributed by atoms with Crippen molar-refractivity contribution in [3.05, 3.63) is 53.1 Å². The third kappa shape index (κ3) is 4.73. The smallest absolute Gasteiger partial charge is 0.274 e. The van der Waals surface area contributed by atoms with Gasteiger partial charge in [0, 0.05) is 54.1 Å². The molecule has 0 spiro atoms. The van der Waals surface area contributed by atoms with Crippen molar-refractivity contribution in [2.75, 3.05) is 47.4 Å². The summed E-state index contributed by atoms with van der Waals surface area (Å²) in [6.45, 7) is 3.04. The minimum Gasteiger partial charge on any atom is -0.497 e. The molecule has 1 aromatic heterocycles. The fourth-order valence-electron chi connectivity index (χ4n) is 8.22. The van der Waals surface area contributed by atoms with Crippen LogP contribution in [0.25, 0.3) is 22.2 Å². The number of fused-ring (bicyclic) bond motifs is 7. The molecule has 3 aromatic rings. The van der Waals surface area contributed by atoms with E-state index in [2.05, 4.69) is 21.6 Å². The third-order valence-corrected chi connectivity index (χ3v) is 10.3. The van der Waals surface area contributed by atoms with Gasteiger partial charge >= 0.3 is 0 Å². The Kier molecular flexibility index (Phi) is 7.22. The number of rotatable bonds is 6. The molecule has 2 aliphatic heterocycles. The quantitative estimate of drug-likeness (QED) is 0.320. The Bertz CT molecular complexity index is 1570. The molecule has 3 unspecified atom stereocenters. The number of carbonyl (C=O) groups is 2. The van der Waals surface area contributed by atoms with E-state index >= 15 is 0 Å². The van der Waals surface area contributed by atoms with Crippen LogP contribution in [0.4, 0.5) is 0 Å². The summed E-state index contributed by atoms with van der Waals surface area (Å²) in [5.74, 6) is 0.947. The van der Waals surface area contributed by atoms with Gasteiger partial charge < -0.3 is 23.8 Å². The van der Waals surface area contributed by atoms with Gasteiger partial charge in [-0.2, -0.15) is 0 Å². The highest BCUT2D eigenvalue weighted by Crippen LogP contribution is 2.66. The number of methoxy groups -OCH3 is 1. The zero-order valence-electron chi connectivity index (χ0n) is 25.4. The molecule has 9 heteroatoms. The number of aromatic nitrogens is 1. The minimum absolute atomic E-state index is 0.0140. The molecule has 2 saturated carbocycles. The number of hydrogen-bond donors (Lipinski definition) is 2. The second-order valence-corrected chi connectivity index (χ2v) is 13.2. The normalized spacial score (nSPS) is 25.1. The molecular weight excluding hydrogens is 544 g/mol. The molecule has 2 N–H and O–H groups in total. The molecule has 3 heterocycles. The van der Waals surface area contributed by atoms with Gasteiger partial charge in [0.2, 0.25) is 5.91 Å². The van der Waals surface area contributed by atoms with Crippen LogP contribution in [0.15, 0.2) is 36.4 Å². The summed E-state index contributed by atoms with van der Waals surface area (Å²) in [4.78, 5) is 31.4. The summed E-state index contributed by atoms with van der Waals surface area (Å²) in [7, 11) is 5.76. The predicted molar refractivity (Wildman–Crippen MR) is 164 cm³/mol. The maximum Gasteiger partial charge on any atom is 0.274 e. The molecule has 3 atom stereocenters. The number of nitrogens with zero attached hydrogens (tertiary/aromatic N) is 3. The van der Waals surface area contributed by atoms with Crippen LogP contribution >= 0.6 is 0 Å². The van der Waals surface area contributed by atoms with E-state index in [4.69, 9.17) is 9.47 Å². The number of ether oxygens (including phenoxy) is 2. The minimum atomic E-state index is -0.586. The van der Waals surface area contributed by atoms with Gasteiger partial charge in [-0.1, -0.05) is 25.3 Å². The number of likely N-dealkylation sites (N-methyl/N-ethyl adjacent to an activating group) is 1. The molecule has 0 bridgehead atoms. The Morgan fingerprint density at radius 2 is 1.95 bits per heavy atom. The molecule has 4 aliphatic rings. The summed E-state index contributed by atoms with van der Waals surface area (Å²) < 4.78 is 14.1. The summed E-state index contributed by atoms with van der Waals surface area (Å²) in [5, 5.41) is 10.6. The van der Waals surface area contributed by atoms with E-state index in [0.29, 0.717) is 37.7 Å². The van der Waals surface area contributed by atoms with Gasteiger partial charge in [0.05, 0.1) is 30.9 Å². The summed E-state index contributed by atoms with van der Waals surface area (Å²) in [6.07, 6.45) is 6.68. The Hall–Kier alpha value is -3.40. The van der Waals surface area contributed by atoms with E-state index < -0.39 is 11.3 Å². The number of hydrogen-bond acceptors (Lipinski definition) is 6. The van der Waals surface area contributed by atoms with E-state index in [-0.39, 0.29) is 17.9 Å². The predicted octanol–water partition coefficient (Wildman–Crippen LogP) is 4.76. The van der Waals surface area contributed by atoms with E-state index in [9.17, 15) is 14.8 Å². The van der Waals surface area contributed by atoms with Crippen LogP contribution in [-0.4, -0.2) is 84.9 Å². The third-order valence-electron chi connectivity index (χ3n) is 10.3. The number of carbonyl (C=O) groups excluding carboxylic acids is 2. The molecule has 1 saturated heterocycles. The lowest BCUT2D eigenvalue weighted by Crippen LogP contribution is -2.51. The first kappa shape index (κ1) is 28.4. The maximum atomic E-state index is 14.7. The van der Waals surface area contributed by atoms with Crippen LogP contribution < -0.4 is 10.2 Å². The van der Waals surface area contributed by atoms with E-state index in [1.807, 2.05) is 37.2 Å². The summed E-state index contributed by atoms with van der Waals surface area (Å²) in [6, 6.07) is 12.1. The maximum absolute atomic E-state index is 14.7. The second-order valence-electron chi connectivity index (χ2n) is 13.2. The molecule has 9 nitrogen and oxygen atoms in total. The van der Waals surface area contributed by atoms with E-state index in [0.717, 1.165) is 48.0 Å². The number of morpholine rings is 1. The van der Waals surface area contributed by atoms with Gasteiger partial charge in [0.25, 0.3) is 5.91 Å². The van der Waals surface area contributed by atoms with E-state index in [1.54, 1.807) is 18.7 Å². The molecule has 2 amide bonds. The van der Waals surface area contributed by atoms with Crippen molar-refractivity contribution in [3.8, 4) is 17.0 Å². The van der Waals surface area contributed by atoms with Crippen LogP contribution in [0.2, 0.25) is 0 Å². The van der Waals surface area contributed by atoms with Gasteiger partial charge in [0.1, 0.15) is 5.75 Å². The lowest BCUT2D eigenvalue weighted by molar-refractivity contribution is -0.145. The first-order chi connectivity index (χ1) is 20.8. The number of hydroxylamine groups is 1. The molecular formula is C34H42N4O5. The molecule has 7 rings (SSSR count). The van der Waals surface area contributed by atoms with Crippen molar-refractivity contribution < 1.29 is 24.3 Å². The fourth-order valence-corrected chi connectivity index (χ4v) is 8.22. The fraction of sp³-hybridized carbons (Fsp3) is 0.529. The van der Waals surface area contributed by atoms with Gasteiger partial charge in [-0.05, 0) is 80.7 Å². The first-order valence-electron chi connectivity index (χ1n) is 15.7. The monoisotopic (exact) mass is 586 g/mol. The first-order valence-corrected chi connectivity index (χ1v) is 15.7. The van der Waals surface area contributed by atoms with Crippen LogP contribution in [-0.2, 0) is 16.1 Å². The molecule has 3 fully saturated rings. The van der Waals surface area contributed by atoms with Crippen molar-refractivity contribution in [1.82, 2.24) is 19.8 Å². The van der Waals surface area contributed by atoms with Crippen LogP contribution in [0.3, 0.4) is 0 Å². The van der Waals surface area contributed by atoms with Gasteiger partial charge in [-0.25, -0.2) is 5.48 Å². The van der Waals surface area contributed by atoms with Gasteiger partial charge in [0.15, 0.2) is 0 Å². The molecule has 2 aliphatic carbocycles. The van der Waals surface area contributed by atoms with Crippen molar-refractivity contribution in [2.24, 2.45) is 5.41 Å². The topological polar surface area (TPSA) is 96.3 Å². The second kappa shape index (κ2) is 10.9. The van der Waals surface area contributed by atoms with Crippen LogP contribution in [0.1, 0.15) is 71.8 Å². The zero-order chi connectivity index (χ0) is 29.9. The Labute approximate surface area is 252 Å². The molecule has 0 radical (unpaired) electrons. The Balaban J connectivity index is 1.41. The highest BCUT2D eigenvalue weighted by atomic mass is 16.5. The van der Waals surface area contributed by atoms with Crippen molar-refractivity contribution >= 4 is 22.7 Å². The highest BCUT2D eigenvalue weighted by molar-refractivity contribution is 6.01. The Morgan fingerprint density at radius 1 is 1.14 bits per heavy atom. The highest BCUT2D eigenvalue weighted by Gasteiger charge is 2.64. The summed E-state index contributed by atoms with van der Waals surface area (Å²) >= 11 is 0. The van der Waals surface area contributed by atoms with Gasteiger partial charge in [-0.15, -0.1) is 0 Å². The number of amides is 2. The lowest BCUT2D eigenvalue weighted by atomic mass is 9.81. The average Bonchev–Trinajstić information content (AvgIpc) is 3.70. The molecule has 228 valence electrons. The van der Waals surface area contributed by atoms with Crippen LogP contribution in [0, 0.1) is 5.41 Å². The number of nitrogens with one attached hydrogen (secondary N) is 1. The van der Waals surface area contributed by atoms with Gasteiger partial charge in [-0.3, -0.25) is 14.8 Å². The van der Waals surface area contributed by atoms with Crippen molar-refractivity contribution in [3.63, 3.8) is 0 Å². The van der Waals surface area contributed by atoms with Crippen molar-refractivity contribution in [2.45, 2.75) is 63.0 Å². The Morgan fingerprint density at radius 3 is 2.70 bits per heavy atom. The standard InChI is InChI=1S/C34H42N4O5/c1-36(2)18-24-19-37(13-14-43-24)33(40)34-17-28(34)27-16-23(42-3)10-12-25(27)31-30(21-7-5-4-6-8-21)26-11-9-22(32(39)35-41)15-29(26)38(31)20-34/h9-12,15-16,21,24,28,41H,4-8,13-14,17-20H2,1-3H3,(H,35,39). The average molecular weight is 587 g/mol. The van der Waals surface area contributed by atoms with Crippen molar-refractivity contribution in [1.29, 1.82) is 0 Å². The lowest BCUT2D eigenvalue weighted by Gasteiger charge is -2.36. The van der Waals surface area contributed by atoms with E-state index in [1.165, 1.54) is 36.1 Å². The zero-order valence-corrected chi connectivity index (χ0v) is 25.4. The largest absolute Gasteiger partial charge is 0.497 e. The number of benzene rings is 2. The summed E-state index contributed by atoms with van der Waals surface area (Å²) in [5.41, 5.74) is 7.41. The molecule has 2 aromatic carbocycles. The SMILES string of the molecule is COc1ccc2c(c1)C1CC1(C(=O)N1CCOC(CN(C)C)C1)Cn1c-2c(C2CCCCC2)c2ccc(C(=O)NO)cc21. The van der Waals surface area contributed by atoms with Crippen LogP contribution in [0.5, 0.6) is 5.75 Å². The molecule has 43 heavy (non-hydrogen) atoms.